The molecule has 2 heterocycles. The fraction of sp³-hybridized carbons (Fsp3) is 0.0625. The van der Waals surface area contributed by atoms with E-state index in [1.54, 1.807) is 0 Å². The van der Waals surface area contributed by atoms with Gasteiger partial charge in [0.25, 0.3) is 6.71 Å². The second-order valence-electron chi connectivity index (χ2n) is 9.60. The quantitative estimate of drug-likeness (QED) is 0.311. The number of aryl methyl sites for hydroxylation is 2. The smallest absolute Gasteiger partial charge is 0.252 e. The molecule has 2 nitrogen and oxygen atoms in total. The highest BCUT2D eigenvalue weighted by Crippen LogP contribution is 2.40. The number of benzene rings is 5. The van der Waals surface area contributed by atoms with Crippen LogP contribution < -0.4 is 26.6 Å². The predicted octanol–water partition coefficient (Wildman–Crippen LogP) is 6.33. The predicted molar refractivity (Wildman–Crippen MR) is 150 cm³/mol. The molecule has 0 fully saturated rings. The molecule has 166 valence electrons. The Morgan fingerprint density at radius 2 is 1.23 bits per heavy atom. The van der Waals surface area contributed by atoms with Crippen molar-refractivity contribution in [2.45, 2.75) is 13.8 Å². The molecule has 1 N–H and O–H groups in total. The van der Waals surface area contributed by atoms with Gasteiger partial charge in [0, 0.05) is 28.4 Å². The molecular weight excluding hydrogens is 423 g/mol. The minimum atomic E-state index is 0.193. The normalized spacial score (nSPS) is 13.0. The first-order valence-corrected chi connectivity index (χ1v) is 12.3. The lowest BCUT2D eigenvalue weighted by atomic mass is 9.32. The van der Waals surface area contributed by atoms with Crippen molar-refractivity contribution in [2.24, 2.45) is 0 Å². The first-order valence-electron chi connectivity index (χ1n) is 12.3. The fourth-order valence-corrected chi connectivity index (χ4v) is 6.04. The molecular formula is C32H25BN2. The Labute approximate surface area is 207 Å². The average Bonchev–Trinajstić information content (AvgIpc) is 2.89. The molecule has 2 aliphatic rings. The van der Waals surface area contributed by atoms with Gasteiger partial charge in [-0.15, -0.1) is 0 Å². The molecule has 0 aromatic heterocycles. The summed E-state index contributed by atoms with van der Waals surface area (Å²) in [5, 5.41) is 3.83. The highest BCUT2D eigenvalue weighted by molar-refractivity contribution is 7.00. The number of anilines is 5. The summed E-state index contributed by atoms with van der Waals surface area (Å²) >= 11 is 0. The monoisotopic (exact) mass is 448 g/mol. The summed E-state index contributed by atoms with van der Waals surface area (Å²) < 4.78 is 0. The molecule has 7 rings (SSSR count). The van der Waals surface area contributed by atoms with Gasteiger partial charge in [0.15, 0.2) is 0 Å². The van der Waals surface area contributed by atoms with E-state index in [0.29, 0.717) is 0 Å². The van der Waals surface area contributed by atoms with Crippen molar-refractivity contribution in [1.82, 2.24) is 0 Å². The zero-order valence-corrected chi connectivity index (χ0v) is 19.9. The van der Waals surface area contributed by atoms with Crippen LogP contribution in [0.3, 0.4) is 0 Å². The number of hydrogen-bond donors (Lipinski definition) is 1. The van der Waals surface area contributed by atoms with Crippen molar-refractivity contribution in [3.63, 3.8) is 0 Å². The van der Waals surface area contributed by atoms with Crippen molar-refractivity contribution in [3.8, 4) is 11.1 Å². The second kappa shape index (κ2) is 7.64. The first kappa shape index (κ1) is 20.2. The Morgan fingerprint density at radius 1 is 0.543 bits per heavy atom. The van der Waals surface area contributed by atoms with E-state index in [4.69, 9.17) is 0 Å². The third kappa shape index (κ3) is 2.98. The van der Waals surface area contributed by atoms with Crippen molar-refractivity contribution in [2.75, 3.05) is 10.2 Å². The summed E-state index contributed by atoms with van der Waals surface area (Å²) in [4.78, 5) is 2.43. The molecule has 35 heavy (non-hydrogen) atoms. The van der Waals surface area contributed by atoms with Crippen LogP contribution >= 0.6 is 0 Å². The van der Waals surface area contributed by atoms with Gasteiger partial charge < -0.3 is 10.2 Å². The van der Waals surface area contributed by atoms with Crippen LogP contribution in [0.2, 0.25) is 0 Å². The van der Waals surface area contributed by atoms with Crippen molar-refractivity contribution < 1.29 is 0 Å². The van der Waals surface area contributed by atoms with Crippen molar-refractivity contribution in [3.05, 3.63) is 120 Å². The van der Waals surface area contributed by atoms with Gasteiger partial charge in [-0.1, -0.05) is 83.9 Å². The second-order valence-corrected chi connectivity index (χ2v) is 9.60. The number of rotatable bonds is 2. The van der Waals surface area contributed by atoms with E-state index in [2.05, 4.69) is 133 Å². The minimum absolute atomic E-state index is 0.193. The van der Waals surface area contributed by atoms with E-state index in [1.165, 1.54) is 67.1 Å². The van der Waals surface area contributed by atoms with E-state index in [0.717, 1.165) is 0 Å². The summed E-state index contributed by atoms with van der Waals surface area (Å²) in [7, 11) is 0. The molecule has 0 aliphatic carbocycles. The van der Waals surface area contributed by atoms with Gasteiger partial charge in [-0.25, -0.2) is 0 Å². The van der Waals surface area contributed by atoms with Crippen LogP contribution in [0, 0.1) is 13.8 Å². The molecule has 0 radical (unpaired) electrons. The van der Waals surface area contributed by atoms with Crippen LogP contribution in [0.4, 0.5) is 28.4 Å². The van der Waals surface area contributed by atoms with Gasteiger partial charge in [0.1, 0.15) is 0 Å². The fourth-order valence-electron chi connectivity index (χ4n) is 6.04. The zero-order chi connectivity index (χ0) is 23.5. The largest absolute Gasteiger partial charge is 0.356 e. The third-order valence-electron chi connectivity index (χ3n) is 7.51. The number of para-hydroxylation sites is 1. The van der Waals surface area contributed by atoms with Crippen LogP contribution in [0.1, 0.15) is 11.1 Å². The third-order valence-corrected chi connectivity index (χ3v) is 7.51. The highest BCUT2D eigenvalue weighted by atomic mass is 15.2. The molecule has 3 heteroatoms. The van der Waals surface area contributed by atoms with E-state index in [1.807, 2.05) is 0 Å². The number of hydrogen-bond acceptors (Lipinski definition) is 2. The van der Waals surface area contributed by atoms with Gasteiger partial charge in [-0.3, -0.25) is 0 Å². The lowest BCUT2D eigenvalue weighted by Gasteiger charge is -2.41. The Hall–Kier alpha value is -4.24. The molecule has 0 spiro atoms. The minimum Gasteiger partial charge on any atom is -0.356 e. The highest BCUT2D eigenvalue weighted by Gasteiger charge is 2.42. The lowest BCUT2D eigenvalue weighted by Crippen LogP contribution is -2.61. The van der Waals surface area contributed by atoms with E-state index in [9.17, 15) is 0 Å². The first-order chi connectivity index (χ1) is 17.2. The van der Waals surface area contributed by atoms with Crippen molar-refractivity contribution in [1.29, 1.82) is 0 Å². The number of fused-ring (bicyclic) bond motifs is 4. The molecule has 2 aliphatic heterocycles. The summed E-state index contributed by atoms with van der Waals surface area (Å²) in [5.74, 6) is 0. The Kier molecular flexibility index (Phi) is 4.40. The maximum Gasteiger partial charge on any atom is 0.252 e. The molecule has 5 aromatic carbocycles. The molecule has 5 aromatic rings. The lowest BCUT2D eigenvalue weighted by molar-refractivity contribution is 1.28. The standard InChI is InChI=1S/C32H25BN2/c1-21-11-9-17-28-31(21)33-30-22(2)19-24(23-12-5-3-6-13-23)20-27(30)34-26-16-10-18-29(32(26)33)35(28)25-14-7-4-8-15-25/h3-20,34H,1-2H3. The van der Waals surface area contributed by atoms with Gasteiger partial charge in [-0.2, -0.15) is 0 Å². The summed E-state index contributed by atoms with van der Waals surface area (Å²) in [6.45, 7) is 4.71. The van der Waals surface area contributed by atoms with Gasteiger partial charge >= 0.3 is 0 Å². The van der Waals surface area contributed by atoms with Gasteiger partial charge in [0.2, 0.25) is 0 Å². The summed E-state index contributed by atoms with van der Waals surface area (Å²) in [5.41, 5.74) is 15.4. The Balaban J connectivity index is 1.52. The van der Waals surface area contributed by atoms with E-state index < -0.39 is 0 Å². The molecule has 0 atom stereocenters. The number of nitrogens with zero attached hydrogens (tertiary/aromatic N) is 1. The van der Waals surface area contributed by atoms with Crippen LogP contribution in [-0.2, 0) is 0 Å². The number of nitrogens with one attached hydrogen (secondary N) is 1. The molecule has 0 amide bonds. The maximum atomic E-state index is 3.83. The maximum absolute atomic E-state index is 3.83. The Morgan fingerprint density at radius 3 is 2.00 bits per heavy atom. The van der Waals surface area contributed by atoms with Gasteiger partial charge in [-0.05, 0) is 77.8 Å². The van der Waals surface area contributed by atoms with E-state index in [-0.39, 0.29) is 6.71 Å². The topological polar surface area (TPSA) is 15.3 Å². The molecule has 0 saturated heterocycles. The Bertz CT molecular complexity index is 1570. The molecule has 0 bridgehead atoms. The molecule has 0 unspecified atom stereocenters. The SMILES string of the molecule is Cc1cc(-c2ccccc2)cc2c1B1c3c(C)cccc3N(c3ccccc3)c3cccc(c31)N2. The van der Waals surface area contributed by atoms with Crippen LogP contribution in [0.5, 0.6) is 0 Å². The van der Waals surface area contributed by atoms with Crippen molar-refractivity contribution >= 4 is 51.5 Å². The van der Waals surface area contributed by atoms with Crippen LogP contribution in [-0.4, -0.2) is 6.71 Å². The van der Waals surface area contributed by atoms with Gasteiger partial charge in [0.05, 0.1) is 0 Å². The zero-order valence-electron chi connectivity index (χ0n) is 19.9. The molecule has 0 saturated carbocycles. The summed E-state index contributed by atoms with van der Waals surface area (Å²) in [6.07, 6.45) is 0. The van der Waals surface area contributed by atoms with Crippen LogP contribution in [0.25, 0.3) is 11.1 Å². The van der Waals surface area contributed by atoms with E-state index >= 15 is 0 Å². The van der Waals surface area contributed by atoms with Crippen LogP contribution in [0.15, 0.2) is 109 Å². The average molecular weight is 448 g/mol. The summed E-state index contributed by atoms with van der Waals surface area (Å²) in [6, 6.07) is 39.5.